The summed E-state index contributed by atoms with van der Waals surface area (Å²) in [6.45, 7) is 0. The maximum absolute atomic E-state index is 10.8. The van der Waals surface area contributed by atoms with Crippen LogP contribution >= 0.6 is 0 Å². The van der Waals surface area contributed by atoms with Crippen LogP contribution in [0.4, 0.5) is 5.69 Å². The molecule has 0 spiro atoms. The third kappa shape index (κ3) is 1.76. The first-order valence-corrected chi connectivity index (χ1v) is 5.51. The van der Waals surface area contributed by atoms with E-state index in [0.29, 0.717) is 0 Å². The van der Waals surface area contributed by atoms with Gasteiger partial charge in [-0.3, -0.25) is 4.40 Å². The van der Waals surface area contributed by atoms with Crippen LogP contribution in [0.25, 0.3) is 16.9 Å². The number of nitrogens with one attached hydrogen (secondary N) is 1. The van der Waals surface area contributed by atoms with Crippen LogP contribution in [0.3, 0.4) is 0 Å². The Balaban J connectivity index is 2.09. The van der Waals surface area contributed by atoms with Gasteiger partial charge in [-0.15, -0.1) is 0 Å². The van der Waals surface area contributed by atoms with Crippen molar-refractivity contribution < 1.29 is 10.4 Å². The van der Waals surface area contributed by atoms with Crippen LogP contribution < -0.4 is 5.23 Å². The van der Waals surface area contributed by atoms with Crippen molar-refractivity contribution in [2.45, 2.75) is 0 Å². The zero-order valence-corrected chi connectivity index (χ0v) is 9.45. The highest BCUT2D eigenvalue weighted by Crippen LogP contribution is 2.21. The Bertz CT molecular complexity index is 674. The topological polar surface area (TPSA) is 65.0 Å². The monoisotopic (exact) mass is 241 g/mol. The maximum Gasteiger partial charge on any atom is 0.163 e. The summed E-state index contributed by atoms with van der Waals surface area (Å²) in [5.74, 6) is 0. The van der Waals surface area contributed by atoms with E-state index in [4.69, 9.17) is 5.21 Å². The van der Waals surface area contributed by atoms with E-state index in [0.717, 1.165) is 16.9 Å². The molecule has 18 heavy (non-hydrogen) atoms. The number of benzene rings is 1. The van der Waals surface area contributed by atoms with Gasteiger partial charge in [-0.05, 0) is 24.3 Å². The first-order valence-electron chi connectivity index (χ1n) is 5.51. The third-order valence-corrected chi connectivity index (χ3v) is 2.84. The van der Waals surface area contributed by atoms with Crippen LogP contribution in [0.15, 0.2) is 54.9 Å². The van der Waals surface area contributed by atoms with Gasteiger partial charge in [0.1, 0.15) is 5.65 Å². The summed E-state index contributed by atoms with van der Waals surface area (Å²) in [5, 5.41) is 18.7. The smallest absolute Gasteiger partial charge is 0.163 e. The van der Waals surface area contributed by atoms with Crippen LogP contribution in [0.5, 0.6) is 0 Å². The van der Waals surface area contributed by atoms with E-state index < -0.39 is 5.23 Å². The Labute approximate surface area is 103 Å². The van der Waals surface area contributed by atoms with E-state index in [2.05, 4.69) is 4.98 Å². The molecule has 0 saturated heterocycles. The van der Waals surface area contributed by atoms with Gasteiger partial charge in [0.25, 0.3) is 0 Å². The predicted molar refractivity (Wildman–Crippen MR) is 66.4 cm³/mol. The lowest BCUT2D eigenvalue weighted by atomic mass is 10.1. The van der Waals surface area contributed by atoms with E-state index in [1.54, 1.807) is 30.5 Å². The highest BCUT2D eigenvalue weighted by molar-refractivity contribution is 5.64. The molecule has 5 nitrogen and oxygen atoms in total. The average molecular weight is 241 g/mol. The molecule has 3 rings (SSSR count). The summed E-state index contributed by atoms with van der Waals surface area (Å²) in [6.07, 6.45) is 3.72. The lowest BCUT2D eigenvalue weighted by Gasteiger charge is -2.11. The quantitative estimate of drug-likeness (QED) is 0.667. The van der Waals surface area contributed by atoms with Gasteiger partial charge in [-0.25, -0.2) is 10.2 Å². The van der Waals surface area contributed by atoms with Crippen LogP contribution in [-0.2, 0) is 0 Å². The van der Waals surface area contributed by atoms with E-state index in [9.17, 15) is 5.21 Å². The first-order chi connectivity index (χ1) is 8.75. The standard InChI is InChI=1S/C13H11N3O2/c17-16(18)11-6-4-10(5-7-11)12-9-14-13-3-1-2-8-15(12)13/h1-9,16-17H. The van der Waals surface area contributed by atoms with E-state index >= 15 is 0 Å². The van der Waals surface area contributed by atoms with Crippen molar-refractivity contribution in [2.24, 2.45) is 0 Å². The lowest BCUT2D eigenvalue weighted by Crippen LogP contribution is -2.99. The van der Waals surface area contributed by atoms with Gasteiger partial charge in [-0.1, -0.05) is 6.07 Å². The molecule has 0 aliphatic heterocycles. The molecule has 1 atom stereocenters. The first kappa shape index (κ1) is 10.9. The fourth-order valence-corrected chi connectivity index (χ4v) is 1.93. The number of aromatic nitrogens is 2. The molecule has 0 aliphatic rings. The molecule has 2 N–H and O–H groups in total. The molecule has 90 valence electrons. The molecule has 2 aromatic heterocycles. The predicted octanol–water partition coefficient (Wildman–Crippen LogP) is 1.40. The van der Waals surface area contributed by atoms with Gasteiger partial charge < -0.3 is 5.21 Å². The van der Waals surface area contributed by atoms with Gasteiger partial charge in [0.05, 0.1) is 11.9 Å². The molecule has 0 bridgehead atoms. The molecular weight excluding hydrogens is 230 g/mol. The van der Waals surface area contributed by atoms with Crippen molar-refractivity contribution >= 4 is 11.3 Å². The van der Waals surface area contributed by atoms with Crippen molar-refractivity contribution in [3.05, 3.63) is 60.1 Å². The number of hydrogen-bond donors (Lipinski definition) is 2. The summed E-state index contributed by atoms with van der Waals surface area (Å²) >= 11 is 0. The van der Waals surface area contributed by atoms with Crippen molar-refractivity contribution in [1.29, 1.82) is 0 Å². The molecule has 0 saturated carbocycles. The highest BCUT2D eigenvalue weighted by Gasteiger charge is 2.06. The number of fused-ring (bicyclic) bond motifs is 1. The minimum atomic E-state index is -0.917. The Morgan fingerprint density at radius 3 is 2.61 bits per heavy atom. The Morgan fingerprint density at radius 2 is 1.89 bits per heavy atom. The number of rotatable bonds is 2. The summed E-state index contributed by atoms with van der Waals surface area (Å²) < 4.78 is 1.97. The Hall–Kier alpha value is -2.21. The number of hydrogen-bond acceptors (Lipinski definition) is 3. The lowest BCUT2D eigenvalue weighted by molar-refractivity contribution is -0.991. The molecular formula is C13H11N3O2. The third-order valence-electron chi connectivity index (χ3n) is 2.84. The number of quaternary nitrogens is 1. The van der Waals surface area contributed by atoms with Gasteiger partial charge in [-0.2, -0.15) is 5.23 Å². The second kappa shape index (κ2) is 4.23. The average Bonchev–Trinajstić information content (AvgIpc) is 2.82. The van der Waals surface area contributed by atoms with Crippen molar-refractivity contribution in [3.8, 4) is 11.3 Å². The molecule has 3 aromatic rings. The number of pyridine rings is 1. The normalized spacial score (nSPS) is 12.8. The van der Waals surface area contributed by atoms with Crippen LogP contribution in [0.1, 0.15) is 0 Å². The second-order valence-electron chi connectivity index (χ2n) is 3.95. The molecule has 0 aliphatic carbocycles. The number of nitrogens with zero attached hydrogens (tertiary/aromatic N) is 2. The van der Waals surface area contributed by atoms with E-state index in [-0.39, 0.29) is 5.69 Å². The van der Waals surface area contributed by atoms with Crippen LogP contribution in [-0.4, -0.2) is 14.6 Å². The van der Waals surface area contributed by atoms with Gasteiger partial charge in [0.15, 0.2) is 5.69 Å². The summed E-state index contributed by atoms with van der Waals surface area (Å²) in [5.41, 5.74) is 3.05. The van der Waals surface area contributed by atoms with E-state index in [1.807, 2.05) is 28.8 Å². The molecule has 1 unspecified atom stereocenters. The minimum absolute atomic E-state index is 0.285. The van der Waals surface area contributed by atoms with Gasteiger partial charge in [0.2, 0.25) is 0 Å². The highest BCUT2D eigenvalue weighted by atomic mass is 16.8. The van der Waals surface area contributed by atoms with E-state index in [1.165, 1.54) is 0 Å². The zero-order chi connectivity index (χ0) is 12.5. The van der Waals surface area contributed by atoms with Crippen molar-refractivity contribution in [2.75, 3.05) is 0 Å². The minimum Gasteiger partial charge on any atom is -0.595 e. The van der Waals surface area contributed by atoms with Crippen molar-refractivity contribution in [3.63, 3.8) is 0 Å². The van der Waals surface area contributed by atoms with Gasteiger partial charge >= 0.3 is 0 Å². The molecule has 0 amide bonds. The van der Waals surface area contributed by atoms with Crippen molar-refractivity contribution in [1.82, 2.24) is 9.38 Å². The largest absolute Gasteiger partial charge is 0.595 e. The summed E-state index contributed by atoms with van der Waals surface area (Å²) in [4.78, 5) is 4.30. The molecule has 2 heterocycles. The Kier molecular flexibility index (Phi) is 2.56. The molecule has 1 aromatic carbocycles. The van der Waals surface area contributed by atoms with Gasteiger partial charge in [0, 0.05) is 23.9 Å². The van der Waals surface area contributed by atoms with Crippen LogP contribution in [0.2, 0.25) is 0 Å². The number of imidazole rings is 1. The van der Waals surface area contributed by atoms with Crippen LogP contribution in [0, 0.1) is 5.21 Å². The fraction of sp³-hybridized carbons (Fsp3) is 0. The zero-order valence-electron chi connectivity index (χ0n) is 9.45. The fourth-order valence-electron chi connectivity index (χ4n) is 1.93. The molecule has 0 fully saturated rings. The summed E-state index contributed by atoms with van der Waals surface area (Å²) in [7, 11) is 0. The Morgan fingerprint density at radius 1 is 1.11 bits per heavy atom. The maximum atomic E-state index is 10.8. The molecule has 5 heteroatoms. The SMILES string of the molecule is [O-][NH+](O)c1ccc(-c2cnc3ccccn23)cc1. The summed E-state index contributed by atoms with van der Waals surface area (Å²) in [6, 6.07) is 12.6. The molecule has 0 radical (unpaired) electrons. The second-order valence-corrected chi connectivity index (χ2v) is 3.95.